The largest absolute Gasteiger partial charge is 0.416 e. The van der Waals surface area contributed by atoms with E-state index in [1.54, 1.807) is 12.1 Å². The molecule has 1 aliphatic rings. The van der Waals surface area contributed by atoms with Crippen molar-refractivity contribution in [2.45, 2.75) is 38.5 Å². The Morgan fingerprint density at radius 1 is 1.16 bits per heavy atom. The molecule has 0 unspecified atom stereocenters. The quantitative estimate of drug-likeness (QED) is 0.597. The Labute approximate surface area is 181 Å². The van der Waals surface area contributed by atoms with E-state index in [1.807, 2.05) is 19.1 Å². The highest BCUT2D eigenvalue weighted by molar-refractivity contribution is 5.89. The van der Waals surface area contributed by atoms with Gasteiger partial charge in [-0.1, -0.05) is 29.8 Å². The second-order valence-electron chi connectivity index (χ2n) is 7.76. The number of rotatable bonds is 6. The van der Waals surface area contributed by atoms with Gasteiger partial charge < -0.3 is 10.6 Å². The SMILES string of the molecule is Cc1ccc(NC(=O)NCCn2nc(-c3cccc(C(F)(F)F)c3)n(C3CC3)c2=O)cc1. The van der Waals surface area contributed by atoms with Gasteiger partial charge in [0.25, 0.3) is 0 Å². The molecule has 2 aromatic carbocycles. The van der Waals surface area contributed by atoms with Crippen molar-refractivity contribution in [3.8, 4) is 11.4 Å². The molecule has 0 atom stereocenters. The van der Waals surface area contributed by atoms with Crippen molar-refractivity contribution < 1.29 is 18.0 Å². The van der Waals surface area contributed by atoms with Crippen LogP contribution in [0, 0.1) is 6.92 Å². The van der Waals surface area contributed by atoms with E-state index < -0.39 is 23.5 Å². The van der Waals surface area contributed by atoms with Gasteiger partial charge >= 0.3 is 17.9 Å². The van der Waals surface area contributed by atoms with Gasteiger partial charge in [0.15, 0.2) is 5.82 Å². The number of carbonyl (C=O) groups excluding carboxylic acids is 1. The average Bonchev–Trinajstić information content (AvgIpc) is 3.53. The molecule has 3 aromatic rings. The van der Waals surface area contributed by atoms with E-state index in [1.165, 1.54) is 21.4 Å². The Balaban J connectivity index is 1.48. The zero-order valence-corrected chi connectivity index (χ0v) is 17.3. The fourth-order valence-electron chi connectivity index (χ4n) is 3.35. The number of halogens is 3. The number of nitrogens with zero attached hydrogens (tertiary/aromatic N) is 3. The lowest BCUT2D eigenvalue weighted by atomic mass is 10.1. The van der Waals surface area contributed by atoms with Crippen LogP contribution in [0.5, 0.6) is 0 Å². The van der Waals surface area contributed by atoms with Gasteiger partial charge in [0.2, 0.25) is 0 Å². The molecular formula is C22H22F3N5O2. The fourth-order valence-corrected chi connectivity index (χ4v) is 3.35. The molecule has 0 saturated heterocycles. The first-order chi connectivity index (χ1) is 15.2. The van der Waals surface area contributed by atoms with Crippen molar-refractivity contribution in [2.75, 3.05) is 11.9 Å². The number of anilines is 1. The van der Waals surface area contributed by atoms with Crippen LogP contribution in [0.1, 0.15) is 30.0 Å². The van der Waals surface area contributed by atoms with Gasteiger partial charge in [-0.2, -0.15) is 13.2 Å². The van der Waals surface area contributed by atoms with Crippen LogP contribution < -0.4 is 16.3 Å². The number of urea groups is 1. The second-order valence-corrected chi connectivity index (χ2v) is 7.76. The molecule has 1 aromatic heterocycles. The summed E-state index contributed by atoms with van der Waals surface area (Å²) in [6, 6.07) is 11.6. The second kappa shape index (κ2) is 8.52. The van der Waals surface area contributed by atoms with Crippen LogP contribution in [0.2, 0.25) is 0 Å². The monoisotopic (exact) mass is 445 g/mol. The summed E-state index contributed by atoms with van der Waals surface area (Å²) in [6.45, 7) is 2.16. The van der Waals surface area contributed by atoms with Gasteiger partial charge in [0.05, 0.1) is 12.1 Å². The van der Waals surface area contributed by atoms with Crippen molar-refractivity contribution in [1.29, 1.82) is 0 Å². The topological polar surface area (TPSA) is 81.0 Å². The molecular weight excluding hydrogens is 423 g/mol. The van der Waals surface area contributed by atoms with E-state index in [9.17, 15) is 22.8 Å². The summed E-state index contributed by atoms with van der Waals surface area (Å²) >= 11 is 0. The van der Waals surface area contributed by atoms with E-state index >= 15 is 0 Å². The Hall–Kier alpha value is -3.56. The Bertz CT molecular complexity index is 1180. The molecule has 168 valence electrons. The van der Waals surface area contributed by atoms with Gasteiger partial charge in [-0.05, 0) is 44.0 Å². The van der Waals surface area contributed by atoms with Crippen LogP contribution >= 0.6 is 0 Å². The zero-order chi connectivity index (χ0) is 22.9. The molecule has 0 bridgehead atoms. The number of nitrogens with one attached hydrogen (secondary N) is 2. The Morgan fingerprint density at radius 2 is 1.88 bits per heavy atom. The van der Waals surface area contributed by atoms with Crippen molar-refractivity contribution in [2.24, 2.45) is 0 Å². The van der Waals surface area contributed by atoms with E-state index in [0.29, 0.717) is 5.69 Å². The van der Waals surface area contributed by atoms with Gasteiger partial charge in [0, 0.05) is 23.8 Å². The Kier molecular flexibility index (Phi) is 5.77. The maximum absolute atomic E-state index is 13.1. The van der Waals surface area contributed by atoms with Gasteiger partial charge in [-0.15, -0.1) is 5.10 Å². The summed E-state index contributed by atoms with van der Waals surface area (Å²) in [5, 5.41) is 9.63. The van der Waals surface area contributed by atoms with Gasteiger partial charge in [-0.25, -0.2) is 14.3 Å². The molecule has 32 heavy (non-hydrogen) atoms. The minimum Gasteiger partial charge on any atom is -0.336 e. The lowest BCUT2D eigenvalue weighted by Gasteiger charge is -2.09. The maximum atomic E-state index is 13.1. The predicted molar refractivity (Wildman–Crippen MR) is 113 cm³/mol. The molecule has 1 aliphatic carbocycles. The van der Waals surface area contributed by atoms with E-state index in [-0.39, 0.29) is 30.5 Å². The lowest BCUT2D eigenvalue weighted by molar-refractivity contribution is -0.137. The first kappa shape index (κ1) is 21.7. The molecule has 2 N–H and O–H groups in total. The van der Waals surface area contributed by atoms with Crippen molar-refractivity contribution in [3.63, 3.8) is 0 Å². The number of aromatic nitrogens is 3. The third kappa shape index (κ3) is 4.84. The van der Waals surface area contributed by atoms with Crippen molar-refractivity contribution >= 4 is 11.7 Å². The first-order valence-corrected chi connectivity index (χ1v) is 10.2. The van der Waals surface area contributed by atoms with Gasteiger partial charge in [-0.3, -0.25) is 4.57 Å². The number of carbonyl (C=O) groups is 1. The standard InChI is InChI=1S/C22H22F3N5O2/c1-14-5-7-17(8-6-14)27-20(31)26-11-12-29-21(32)30(18-9-10-18)19(28-29)15-3-2-4-16(13-15)22(23,24)25/h2-8,13,18H,9-12H2,1H3,(H2,26,27,31). The highest BCUT2D eigenvalue weighted by atomic mass is 19.4. The molecule has 2 amide bonds. The van der Waals surface area contributed by atoms with Crippen LogP contribution in [-0.4, -0.2) is 26.9 Å². The summed E-state index contributed by atoms with van der Waals surface area (Å²) in [5.41, 5.74) is 0.732. The number of hydrogen-bond donors (Lipinski definition) is 2. The molecule has 0 aliphatic heterocycles. The third-order valence-corrected chi connectivity index (χ3v) is 5.15. The average molecular weight is 445 g/mol. The van der Waals surface area contributed by atoms with Crippen molar-refractivity contribution in [3.05, 3.63) is 70.1 Å². The maximum Gasteiger partial charge on any atom is 0.416 e. The van der Waals surface area contributed by atoms with E-state index in [4.69, 9.17) is 0 Å². The minimum atomic E-state index is -4.49. The molecule has 0 radical (unpaired) electrons. The molecule has 1 fully saturated rings. The highest BCUT2D eigenvalue weighted by Gasteiger charge is 2.33. The fraction of sp³-hybridized carbons (Fsp3) is 0.318. The molecule has 10 heteroatoms. The van der Waals surface area contributed by atoms with Crippen LogP contribution in [0.15, 0.2) is 53.3 Å². The number of hydrogen-bond acceptors (Lipinski definition) is 3. The first-order valence-electron chi connectivity index (χ1n) is 10.2. The normalized spacial score (nSPS) is 13.8. The highest BCUT2D eigenvalue weighted by Crippen LogP contribution is 2.37. The van der Waals surface area contributed by atoms with E-state index in [2.05, 4.69) is 15.7 Å². The minimum absolute atomic E-state index is 0.0708. The molecule has 7 nitrogen and oxygen atoms in total. The van der Waals surface area contributed by atoms with Crippen LogP contribution in [-0.2, 0) is 12.7 Å². The molecule has 1 heterocycles. The Morgan fingerprint density at radius 3 is 2.53 bits per heavy atom. The molecule has 4 rings (SSSR count). The van der Waals surface area contributed by atoms with E-state index in [0.717, 1.165) is 30.5 Å². The molecule has 1 saturated carbocycles. The number of alkyl halides is 3. The number of benzene rings is 2. The molecule has 0 spiro atoms. The van der Waals surface area contributed by atoms with Crippen molar-refractivity contribution in [1.82, 2.24) is 19.7 Å². The summed E-state index contributed by atoms with van der Waals surface area (Å²) in [4.78, 5) is 24.9. The summed E-state index contributed by atoms with van der Waals surface area (Å²) in [5.74, 6) is 0.202. The summed E-state index contributed by atoms with van der Waals surface area (Å²) < 4.78 is 42.0. The lowest BCUT2D eigenvalue weighted by Crippen LogP contribution is -2.34. The van der Waals surface area contributed by atoms with Crippen LogP contribution in [0.3, 0.4) is 0 Å². The predicted octanol–water partition coefficient (Wildman–Crippen LogP) is 4.20. The third-order valence-electron chi connectivity index (χ3n) is 5.15. The smallest absolute Gasteiger partial charge is 0.336 e. The van der Waals surface area contributed by atoms with Crippen LogP contribution in [0.4, 0.5) is 23.7 Å². The summed E-state index contributed by atoms with van der Waals surface area (Å²) in [7, 11) is 0. The van der Waals surface area contributed by atoms with Gasteiger partial charge in [0.1, 0.15) is 0 Å². The number of amides is 2. The number of aryl methyl sites for hydroxylation is 1. The van der Waals surface area contributed by atoms with Crippen LogP contribution in [0.25, 0.3) is 11.4 Å². The zero-order valence-electron chi connectivity index (χ0n) is 17.3. The summed E-state index contributed by atoms with van der Waals surface area (Å²) in [6.07, 6.45) is -2.94.